The molecule has 1 saturated heterocycles. The van der Waals surface area contributed by atoms with Crippen LogP contribution in [0.4, 0.5) is 17.6 Å². The number of hydrogen-bond donors (Lipinski definition) is 2. The highest BCUT2D eigenvalue weighted by Gasteiger charge is 2.30. The first-order chi connectivity index (χ1) is 19.1. The molecule has 0 bridgehead atoms. The molecule has 7 nitrogen and oxygen atoms in total. The fourth-order valence-corrected chi connectivity index (χ4v) is 4.89. The van der Waals surface area contributed by atoms with E-state index in [1.165, 1.54) is 11.8 Å². The van der Waals surface area contributed by atoms with Crippen molar-refractivity contribution in [2.24, 2.45) is 5.73 Å². The number of ketones is 1. The van der Waals surface area contributed by atoms with E-state index >= 15 is 0 Å². The van der Waals surface area contributed by atoms with E-state index in [9.17, 15) is 27.2 Å². The van der Waals surface area contributed by atoms with Crippen molar-refractivity contribution >= 4 is 11.8 Å². The molecule has 11 heteroatoms. The minimum atomic E-state index is -4.41. The Morgan fingerprint density at radius 3 is 2.65 bits per heavy atom. The summed E-state index contributed by atoms with van der Waals surface area (Å²) in [6, 6.07) is 7.00. The largest absolute Gasteiger partial charge is 0.464 e. The van der Waals surface area contributed by atoms with Crippen molar-refractivity contribution in [3.63, 3.8) is 0 Å². The van der Waals surface area contributed by atoms with E-state index in [4.69, 9.17) is 15.2 Å². The van der Waals surface area contributed by atoms with Gasteiger partial charge in [0.15, 0.2) is 5.78 Å². The molecule has 40 heavy (non-hydrogen) atoms. The van der Waals surface area contributed by atoms with Gasteiger partial charge in [0.25, 0.3) is 0 Å². The molecule has 4 rings (SSSR count). The molecule has 1 aromatic heterocycles. The zero-order chi connectivity index (χ0) is 28.7. The van der Waals surface area contributed by atoms with Gasteiger partial charge >= 0.3 is 12.1 Å². The number of esters is 1. The molecule has 3 N–H and O–H groups in total. The Hall–Kier alpha value is -2.89. The molecule has 1 aliphatic heterocycles. The summed E-state index contributed by atoms with van der Waals surface area (Å²) < 4.78 is 62.1. The lowest BCUT2D eigenvalue weighted by molar-refractivity contribution is -0.158. The average molecular weight is 566 g/mol. The van der Waals surface area contributed by atoms with Crippen LogP contribution < -0.4 is 11.1 Å². The maximum absolute atomic E-state index is 14.7. The number of aromatic nitrogens is 1. The van der Waals surface area contributed by atoms with Crippen LogP contribution in [-0.2, 0) is 38.3 Å². The molecule has 1 aromatic carbocycles. The molecular formula is C29H35F4N3O4. The first kappa shape index (κ1) is 30.1. The van der Waals surface area contributed by atoms with Crippen LogP contribution in [0.15, 0.2) is 36.7 Å². The number of Topliss-reactive ketones (excluding diaryl/α,β-unsaturated/α-hetero) is 1. The zero-order valence-corrected chi connectivity index (χ0v) is 22.2. The van der Waals surface area contributed by atoms with Gasteiger partial charge < -0.3 is 20.5 Å². The number of ether oxygens (including phenoxy) is 2. The topological polar surface area (TPSA) is 104 Å². The van der Waals surface area contributed by atoms with Crippen LogP contribution in [0.1, 0.15) is 60.3 Å². The first-order valence-electron chi connectivity index (χ1n) is 13.6. The lowest BCUT2D eigenvalue weighted by atomic mass is 9.92. The predicted molar refractivity (Wildman–Crippen MR) is 139 cm³/mol. The minimum Gasteiger partial charge on any atom is -0.464 e. The van der Waals surface area contributed by atoms with Gasteiger partial charge in [0, 0.05) is 19.2 Å². The lowest BCUT2D eigenvalue weighted by Crippen LogP contribution is -2.49. The number of pyridine rings is 1. The fourth-order valence-electron chi connectivity index (χ4n) is 4.89. The second-order valence-electron chi connectivity index (χ2n) is 10.6. The Bertz CT molecular complexity index is 1160. The van der Waals surface area contributed by atoms with Crippen LogP contribution in [0.2, 0.25) is 0 Å². The van der Waals surface area contributed by atoms with Crippen molar-refractivity contribution in [3.05, 3.63) is 64.7 Å². The highest BCUT2D eigenvalue weighted by molar-refractivity contribution is 5.86. The Morgan fingerprint density at radius 2 is 1.95 bits per heavy atom. The second-order valence-corrected chi connectivity index (χ2v) is 10.6. The number of alkyl halides is 3. The van der Waals surface area contributed by atoms with Gasteiger partial charge in [0.1, 0.15) is 12.4 Å². The van der Waals surface area contributed by atoms with Crippen molar-refractivity contribution in [2.75, 3.05) is 19.8 Å². The highest BCUT2D eigenvalue weighted by Crippen LogP contribution is 2.41. The second kappa shape index (κ2) is 13.6. The number of rotatable bonds is 13. The van der Waals surface area contributed by atoms with Gasteiger partial charge in [-0.25, -0.2) is 4.39 Å². The van der Waals surface area contributed by atoms with Gasteiger partial charge in [0.05, 0.1) is 43.8 Å². The molecule has 2 aromatic rings. The third kappa shape index (κ3) is 9.07. The SMILES string of the molecule is N[C@@H](Cc1ccccc1C1CC1)C(=O)Cc1cncc(F)c1CC[C@@H]1CN[C@H](COC(=O)CCC(F)(F)F)CO1. The maximum Gasteiger partial charge on any atom is 0.389 e. The summed E-state index contributed by atoms with van der Waals surface area (Å²) in [6.45, 7) is 0.496. The van der Waals surface area contributed by atoms with Crippen LogP contribution >= 0.6 is 0 Å². The molecule has 0 spiro atoms. The number of carbonyl (C=O) groups excluding carboxylic acids is 2. The molecule has 2 aliphatic rings. The zero-order valence-electron chi connectivity index (χ0n) is 22.2. The Labute approximate surface area is 230 Å². The van der Waals surface area contributed by atoms with Crippen LogP contribution in [0.3, 0.4) is 0 Å². The van der Waals surface area contributed by atoms with Crippen molar-refractivity contribution in [1.82, 2.24) is 10.3 Å². The Kier molecular flexibility index (Phi) is 10.3. The molecule has 0 radical (unpaired) electrons. The van der Waals surface area contributed by atoms with E-state index in [-0.39, 0.29) is 37.6 Å². The Morgan fingerprint density at radius 1 is 1.18 bits per heavy atom. The molecule has 0 amide bonds. The number of hydrogen-bond acceptors (Lipinski definition) is 7. The van der Waals surface area contributed by atoms with E-state index in [1.807, 2.05) is 18.2 Å². The number of nitrogens with one attached hydrogen (secondary N) is 1. The molecule has 0 unspecified atom stereocenters. The molecule has 1 saturated carbocycles. The normalized spacial score (nSPS) is 20.2. The molecule has 218 valence electrons. The predicted octanol–water partition coefficient (Wildman–Crippen LogP) is 3.96. The third-order valence-corrected chi connectivity index (χ3v) is 7.33. The third-order valence-electron chi connectivity index (χ3n) is 7.33. The minimum absolute atomic E-state index is 0.0155. The maximum atomic E-state index is 14.7. The molecule has 2 heterocycles. The highest BCUT2D eigenvalue weighted by atomic mass is 19.4. The van der Waals surface area contributed by atoms with Crippen LogP contribution in [0.5, 0.6) is 0 Å². The van der Waals surface area contributed by atoms with Crippen molar-refractivity contribution in [1.29, 1.82) is 0 Å². The van der Waals surface area contributed by atoms with Gasteiger partial charge in [-0.1, -0.05) is 24.3 Å². The number of nitrogens with zero attached hydrogens (tertiary/aromatic N) is 1. The van der Waals surface area contributed by atoms with Crippen molar-refractivity contribution < 1.29 is 36.6 Å². The summed E-state index contributed by atoms with van der Waals surface area (Å²) in [5, 5.41) is 3.15. The number of benzene rings is 1. The van der Waals surface area contributed by atoms with Crippen LogP contribution in [0.25, 0.3) is 0 Å². The van der Waals surface area contributed by atoms with E-state index in [0.717, 1.165) is 24.6 Å². The summed E-state index contributed by atoms with van der Waals surface area (Å²) in [5.41, 5.74) is 9.52. The van der Waals surface area contributed by atoms with E-state index in [0.29, 0.717) is 42.9 Å². The summed E-state index contributed by atoms with van der Waals surface area (Å²) in [4.78, 5) is 28.5. The van der Waals surface area contributed by atoms with Crippen LogP contribution in [-0.4, -0.2) is 60.9 Å². The molecule has 3 atom stereocenters. The number of carbonyl (C=O) groups is 2. The van der Waals surface area contributed by atoms with Gasteiger partial charge in [0.2, 0.25) is 0 Å². The van der Waals surface area contributed by atoms with Gasteiger partial charge in [-0.3, -0.25) is 14.6 Å². The van der Waals surface area contributed by atoms with Crippen molar-refractivity contribution in [2.45, 2.75) is 81.6 Å². The van der Waals surface area contributed by atoms with E-state index in [1.54, 1.807) is 0 Å². The Balaban J connectivity index is 1.24. The summed E-state index contributed by atoms with van der Waals surface area (Å²) in [6.07, 6.45) is -0.471. The van der Waals surface area contributed by atoms with E-state index in [2.05, 4.69) is 16.4 Å². The fraction of sp³-hybridized carbons (Fsp3) is 0.552. The quantitative estimate of drug-likeness (QED) is 0.280. The average Bonchev–Trinajstić information content (AvgIpc) is 3.76. The molecule has 2 fully saturated rings. The lowest BCUT2D eigenvalue weighted by Gasteiger charge is -2.30. The number of nitrogens with two attached hydrogens (primary N) is 1. The molecular weight excluding hydrogens is 530 g/mol. The summed E-state index contributed by atoms with van der Waals surface area (Å²) >= 11 is 0. The van der Waals surface area contributed by atoms with Gasteiger partial charge in [-0.15, -0.1) is 0 Å². The summed E-state index contributed by atoms with van der Waals surface area (Å²) in [7, 11) is 0. The monoisotopic (exact) mass is 565 g/mol. The molecule has 1 aliphatic carbocycles. The smallest absolute Gasteiger partial charge is 0.389 e. The standard InChI is InChI=1S/C29H35F4N3O4/c30-25-15-35-13-20(12-27(37)26(34)11-19-3-1-2-4-23(19)18-5-6-18)24(25)8-7-22-14-36-21(16-39-22)17-40-28(38)9-10-29(31,32)33/h1-4,13,15,18,21-22,26,36H,5-12,14,16-17,34H2/t21-,22+,26-/m0/s1. The summed E-state index contributed by atoms with van der Waals surface area (Å²) in [5.74, 6) is -1.04. The first-order valence-corrected chi connectivity index (χ1v) is 13.6. The van der Waals surface area contributed by atoms with Gasteiger partial charge in [-0.2, -0.15) is 13.2 Å². The van der Waals surface area contributed by atoms with Gasteiger partial charge in [-0.05, 0) is 60.3 Å². The number of halogens is 4. The van der Waals surface area contributed by atoms with Crippen LogP contribution in [0, 0.1) is 5.82 Å². The van der Waals surface area contributed by atoms with E-state index < -0.39 is 36.8 Å². The van der Waals surface area contributed by atoms with Crippen molar-refractivity contribution in [3.8, 4) is 0 Å². The number of morpholine rings is 1.